The second-order valence-corrected chi connectivity index (χ2v) is 4.27. The van der Waals surface area contributed by atoms with Crippen molar-refractivity contribution in [1.29, 1.82) is 0 Å². The summed E-state index contributed by atoms with van der Waals surface area (Å²) in [6.07, 6.45) is 2.16. The molecule has 4 heteroatoms. The lowest BCUT2D eigenvalue weighted by molar-refractivity contribution is 0.468. The van der Waals surface area contributed by atoms with E-state index in [9.17, 15) is 0 Å². The van der Waals surface area contributed by atoms with E-state index in [-0.39, 0.29) is 0 Å². The fourth-order valence-corrected chi connectivity index (χ4v) is 1.62. The minimum Gasteiger partial charge on any atom is -0.314 e. The Hall–Kier alpha value is -0.900. The molecule has 0 fully saturated rings. The quantitative estimate of drug-likeness (QED) is 0.775. The molecular formula is C11H22N4. The number of nitrogens with one attached hydrogen (secondary N) is 1. The average molecular weight is 210 g/mol. The number of hydrogen-bond donors (Lipinski definition) is 1. The maximum Gasteiger partial charge on any atom is 0.0996 e. The second kappa shape index (κ2) is 5.85. The Balaban J connectivity index is 2.70. The fraction of sp³-hybridized carbons (Fsp3) is 0.818. The van der Waals surface area contributed by atoms with Crippen molar-refractivity contribution in [3.63, 3.8) is 0 Å². The van der Waals surface area contributed by atoms with Crippen molar-refractivity contribution >= 4 is 0 Å². The standard InChI is InChI=1S/C11H22N4/c1-5-11-10(8-12-4)13-14-15(11)7-6-9(2)3/h9,12H,5-8H2,1-4H3. The van der Waals surface area contributed by atoms with Crippen LogP contribution in [0, 0.1) is 5.92 Å². The topological polar surface area (TPSA) is 42.7 Å². The summed E-state index contributed by atoms with van der Waals surface area (Å²) in [6, 6.07) is 0. The van der Waals surface area contributed by atoms with E-state index in [0.717, 1.165) is 31.6 Å². The summed E-state index contributed by atoms with van der Waals surface area (Å²) in [7, 11) is 1.94. The molecule has 15 heavy (non-hydrogen) atoms. The van der Waals surface area contributed by atoms with Crippen LogP contribution in [0.2, 0.25) is 0 Å². The molecule has 0 aliphatic heterocycles. The van der Waals surface area contributed by atoms with Gasteiger partial charge in [0.2, 0.25) is 0 Å². The zero-order valence-electron chi connectivity index (χ0n) is 10.2. The summed E-state index contributed by atoms with van der Waals surface area (Å²) in [4.78, 5) is 0. The van der Waals surface area contributed by atoms with Crippen molar-refractivity contribution in [2.45, 2.75) is 46.7 Å². The van der Waals surface area contributed by atoms with E-state index in [0.29, 0.717) is 5.92 Å². The van der Waals surface area contributed by atoms with Crippen LogP contribution in [0.1, 0.15) is 38.6 Å². The highest BCUT2D eigenvalue weighted by Gasteiger charge is 2.10. The first-order valence-corrected chi connectivity index (χ1v) is 5.74. The Morgan fingerprint density at radius 1 is 1.40 bits per heavy atom. The molecule has 0 bridgehead atoms. The van der Waals surface area contributed by atoms with Crippen LogP contribution in [-0.4, -0.2) is 22.0 Å². The maximum absolute atomic E-state index is 4.21. The van der Waals surface area contributed by atoms with E-state index in [2.05, 4.69) is 36.4 Å². The largest absolute Gasteiger partial charge is 0.314 e. The number of rotatable bonds is 6. The smallest absolute Gasteiger partial charge is 0.0996 e. The number of aromatic nitrogens is 3. The number of nitrogens with zero attached hydrogens (tertiary/aromatic N) is 3. The molecule has 0 aliphatic rings. The van der Waals surface area contributed by atoms with Gasteiger partial charge in [-0.15, -0.1) is 5.10 Å². The fourth-order valence-electron chi connectivity index (χ4n) is 1.62. The molecule has 1 aromatic heterocycles. The molecule has 0 saturated heterocycles. The van der Waals surface area contributed by atoms with Crippen LogP contribution in [0.5, 0.6) is 0 Å². The Kier molecular flexibility index (Phi) is 4.75. The van der Waals surface area contributed by atoms with Gasteiger partial charge in [0.15, 0.2) is 0 Å². The van der Waals surface area contributed by atoms with Gasteiger partial charge in [-0.05, 0) is 25.8 Å². The van der Waals surface area contributed by atoms with Crippen LogP contribution in [0.25, 0.3) is 0 Å². The first-order chi connectivity index (χ1) is 7.19. The maximum atomic E-state index is 4.21. The van der Waals surface area contributed by atoms with Gasteiger partial charge in [-0.3, -0.25) is 0 Å². The van der Waals surface area contributed by atoms with Crippen LogP contribution < -0.4 is 5.32 Å². The van der Waals surface area contributed by atoms with Gasteiger partial charge in [-0.1, -0.05) is 26.0 Å². The summed E-state index contributed by atoms with van der Waals surface area (Å²) in [5.41, 5.74) is 2.36. The van der Waals surface area contributed by atoms with Crippen molar-refractivity contribution in [3.8, 4) is 0 Å². The summed E-state index contributed by atoms with van der Waals surface area (Å²) in [6.45, 7) is 8.42. The average Bonchev–Trinajstić information content (AvgIpc) is 2.58. The monoisotopic (exact) mass is 210 g/mol. The molecular weight excluding hydrogens is 188 g/mol. The Morgan fingerprint density at radius 2 is 2.13 bits per heavy atom. The van der Waals surface area contributed by atoms with Gasteiger partial charge in [-0.25, -0.2) is 4.68 Å². The Morgan fingerprint density at radius 3 is 2.67 bits per heavy atom. The molecule has 1 rings (SSSR count). The van der Waals surface area contributed by atoms with Gasteiger partial charge in [0.05, 0.1) is 11.4 Å². The summed E-state index contributed by atoms with van der Waals surface area (Å²) in [5.74, 6) is 0.714. The third-order valence-corrected chi connectivity index (χ3v) is 2.52. The van der Waals surface area contributed by atoms with E-state index in [4.69, 9.17) is 0 Å². The lowest BCUT2D eigenvalue weighted by atomic mass is 10.1. The van der Waals surface area contributed by atoms with E-state index in [1.54, 1.807) is 0 Å². The van der Waals surface area contributed by atoms with Gasteiger partial charge in [0.25, 0.3) is 0 Å². The van der Waals surface area contributed by atoms with Crippen molar-refractivity contribution in [2.24, 2.45) is 5.92 Å². The molecule has 0 amide bonds. The van der Waals surface area contributed by atoms with Crippen LogP contribution in [0.3, 0.4) is 0 Å². The van der Waals surface area contributed by atoms with Crippen LogP contribution >= 0.6 is 0 Å². The third kappa shape index (κ3) is 3.30. The zero-order valence-corrected chi connectivity index (χ0v) is 10.2. The van der Waals surface area contributed by atoms with Crippen molar-refractivity contribution in [3.05, 3.63) is 11.4 Å². The van der Waals surface area contributed by atoms with Crippen molar-refractivity contribution in [2.75, 3.05) is 7.05 Å². The van der Waals surface area contributed by atoms with E-state index in [1.165, 1.54) is 5.69 Å². The molecule has 86 valence electrons. The summed E-state index contributed by atoms with van der Waals surface area (Å²) >= 11 is 0. The Bertz CT molecular complexity index is 291. The molecule has 0 aromatic carbocycles. The second-order valence-electron chi connectivity index (χ2n) is 4.27. The normalized spacial score (nSPS) is 11.3. The number of aryl methyl sites for hydroxylation is 1. The molecule has 0 atom stereocenters. The van der Waals surface area contributed by atoms with Crippen LogP contribution in [0.4, 0.5) is 0 Å². The van der Waals surface area contributed by atoms with Gasteiger partial charge in [0.1, 0.15) is 0 Å². The van der Waals surface area contributed by atoms with Gasteiger partial charge >= 0.3 is 0 Å². The van der Waals surface area contributed by atoms with Crippen molar-refractivity contribution in [1.82, 2.24) is 20.3 Å². The number of hydrogen-bond acceptors (Lipinski definition) is 3. The van der Waals surface area contributed by atoms with Crippen LogP contribution in [-0.2, 0) is 19.5 Å². The molecule has 4 nitrogen and oxygen atoms in total. The highest BCUT2D eigenvalue weighted by molar-refractivity contribution is 5.09. The van der Waals surface area contributed by atoms with Gasteiger partial charge in [0, 0.05) is 13.1 Å². The van der Waals surface area contributed by atoms with Crippen LogP contribution in [0.15, 0.2) is 0 Å². The zero-order chi connectivity index (χ0) is 11.3. The highest BCUT2D eigenvalue weighted by Crippen LogP contribution is 2.09. The molecule has 1 heterocycles. The van der Waals surface area contributed by atoms with Gasteiger partial charge < -0.3 is 5.32 Å². The molecule has 0 aliphatic carbocycles. The summed E-state index contributed by atoms with van der Waals surface area (Å²) in [5, 5.41) is 11.5. The minimum atomic E-state index is 0.714. The third-order valence-electron chi connectivity index (χ3n) is 2.52. The highest BCUT2D eigenvalue weighted by atomic mass is 15.4. The van der Waals surface area contributed by atoms with Crippen molar-refractivity contribution < 1.29 is 0 Å². The minimum absolute atomic E-state index is 0.714. The van der Waals surface area contributed by atoms with E-state index >= 15 is 0 Å². The molecule has 0 unspecified atom stereocenters. The lowest BCUT2D eigenvalue weighted by Gasteiger charge is -2.07. The Labute approximate surface area is 92.1 Å². The molecule has 1 N–H and O–H groups in total. The molecule has 0 spiro atoms. The summed E-state index contributed by atoms with van der Waals surface area (Å²) < 4.78 is 2.05. The molecule has 0 saturated carbocycles. The van der Waals surface area contributed by atoms with Gasteiger partial charge in [-0.2, -0.15) is 0 Å². The predicted octanol–water partition coefficient (Wildman–Crippen LogP) is 1.61. The first kappa shape index (κ1) is 12.2. The van der Waals surface area contributed by atoms with E-state index in [1.807, 2.05) is 11.7 Å². The lowest BCUT2D eigenvalue weighted by Crippen LogP contribution is -2.10. The van der Waals surface area contributed by atoms with E-state index < -0.39 is 0 Å². The molecule has 1 aromatic rings. The SMILES string of the molecule is CCc1c(CNC)nnn1CCC(C)C. The first-order valence-electron chi connectivity index (χ1n) is 5.74. The predicted molar refractivity (Wildman–Crippen MR) is 61.6 cm³/mol. The molecule has 0 radical (unpaired) electrons.